The Bertz CT molecular complexity index is 1360. The van der Waals surface area contributed by atoms with Crippen LogP contribution in [0.2, 0.25) is 0 Å². The number of alkyl halides is 3. The van der Waals surface area contributed by atoms with Gasteiger partial charge in [-0.25, -0.2) is 17.2 Å². The first-order valence-corrected chi connectivity index (χ1v) is 14.1. The average molecular weight is 572 g/mol. The van der Waals surface area contributed by atoms with Crippen molar-refractivity contribution in [3.63, 3.8) is 0 Å². The molecule has 39 heavy (non-hydrogen) atoms. The number of ether oxygens (including phenoxy) is 1. The van der Waals surface area contributed by atoms with Crippen LogP contribution in [0.1, 0.15) is 41.7 Å². The van der Waals surface area contributed by atoms with Crippen molar-refractivity contribution in [3.8, 4) is 5.75 Å². The molecule has 3 aromatic rings. The highest BCUT2D eigenvalue weighted by atomic mass is 32.2. The summed E-state index contributed by atoms with van der Waals surface area (Å²) in [4.78, 5) is 1.42. The summed E-state index contributed by atoms with van der Waals surface area (Å²) in [5, 5.41) is 9.81. The highest BCUT2D eigenvalue weighted by Gasteiger charge is 2.35. The molecule has 0 fully saturated rings. The maximum atomic E-state index is 14.7. The van der Waals surface area contributed by atoms with Gasteiger partial charge in [0.25, 0.3) is 0 Å². The lowest BCUT2D eigenvalue weighted by Gasteiger charge is -2.23. The van der Waals surface area contributed by atoms with Crippen LogP contribution in [-0.2, 0) is 29.0 Å². The number of halogens is 5. The Morgan fingerprint density at radius 2 is 1.69 bits per heavy atom. The molecule has 0 aliphatic rings. The minimum atomic E-state index is -4.81. The largest absolute Gasteiger partial charge is 0.493 e. The van der Waals surface area contributed by atoms with Gasteiger partial charge in [0.1, 0.15) is 17.4 Å². The highest BCUT2D eigenvalue weighted by Crippen LogP contribution is 2.33. The van der Waals surface area contributed by atoms with Crippen LogP contribution < -0.4 is 4.74 Å². The molecule has 1 N–H and O–H groups in total. The van der Waals surface area contributed by atoms with Gasteiger partial charge in [-0.15, -0.1) is 0 Å². The van der Waals surface area contributed by atoms with Gasteiger partial charge in [0.05, 0.1) is 23.2 Å². The molecule has 0 saturated heterocycles. The lowest BCUT2D eigenvalue weighted by molar-refractivity contribution is -0.140. The second-order valence-corrected chi connectivity index (χ2v) is 11.2. The predicted octanol–water partition coefficient (Wildman–Crippen LogP) is 5.95. The van der Waals surface area contributed by atoms with E-state index in [1.165, 1.54) is 19.1 Å². The molecule has 11 heteroatoms. The third-order valence-electron chi connectivity index (χ3n) is 6.11. The molecule has 0 aliphatic heterocycles. The number of hydrogen-bond donors (Lipinski definition) is 1. The first kappa shape index (κ1) is 30.5. The van der Waals surface area contributed by atoms with Crippen LogP contribution in [-0.4, -0.2) is 44.4 Å². The molecule has 0 bridgehead atoms. The quantitative estimate of drug-likeness (QED) is 0.215. The van der Waals surface area contributed by atoms with Crippen LogP contribution in [0.3, 0.4) is 0 Å². The molecule has 0 aromatic heterocycles. The monoisotopic (exact) mass is 571 g/mol. The molecule has 1 atom stereocenters. The van der Waals surface area contributed by atoms with E-state index in [1.807, 2.05) is 30.3 Å². The van der Waals surface area contributed by atoms with Gasteiger partial charge in [-0.05, 0) is 37.5 Å². The number of nitrogens with zero attached hydrogens (tertiary/aromatic N) is 1. The van der Waals surface area contributed by atoms with Gasteiger partial charge < -0.3 is 9.84 Å². The highest BCUT2D eigenvalue weighted by molar-refractivity contribution is 7.90. The van der Waals surface area contributed by atoms with E-state index in [2.05, 4.69) is 0 Å². The smallest absolute Gasteiger partial charge is 0.419 e. The molecule has 5 nitrogen and oxygen atoms in total. The predicted molar refractivity (Wildman–Crippen MR) is 137 cm³/mol. The van der Waals surface area contributed by atoms with Crippen molar-refractivity contribution >= 4 is 9.84 Å². The van der Waals surface area contributed by atoms with E-state index in [1.54, 1.807) is 4.90 Å². The number of aliphatic hydroxyl groups excluding tert-OH is 1. The van der Waals surface area contributed by atoms with E-state index in [9.17, 15) is 35.5 Å². The molecule has 3 rings (SSSR count). The van der Waals surface area contributed by atoms with E-state index in [-0.39, 0.29) is 34.9 Å². The van der Waals surface area contributed by atoms with Crippen LogP contribution in [0.5, 0.6) is 5.75 Å². The van der Waals surface area contributed by atoms with Crippen LogP contribution >= 0.6 is 0 Å². The molecule has 0 aliphatic carbocycles. The van der Waals surface area contributed by atoms with E-state index >= 15 is 0 Å². The number of rotatable bonds is 12. The van der Waals surface area contributed by atoms with Crippen molar-refractivity contribution in [1.82, 2.24) is 4.90 Å². The van der Waals surface area contributed by atoms with Crippen LogP contribution in [0.25, 0.3) is 0 Å². The Morgan fingerprint density at radius 1 is 1.00 bits per heavy atom. The molecule has 0 saturated carbocycles. The minimum absolute atomic E-state index is 0.0313. The molecular formula is C28H30F5NO4S. The number of aliphatic hydroxyl groups is 1. The summed E-state index contributed by atoms with van der Waals surface area (Å²) in [5.41, 5.74) is -0.756. The summed E-state index contributed by atoms with van der Waals surface area (Å²) in [6.07, 6.45) is -4.35. The van der Waals surface area contributed by atoms with Gasteiger partial charge in [0.2, 0.25) is 0 Å². The lowest BCUT2D eigenvalue weighted by atomic mass is 10.1. The molecule has 3 aromatic carbocycles. The Labute approximate surface area is 224 Å². The summed E-state index contributed by atoms with van der Waals surface area (Å²) < 4.78 is 98.6. The molecule has 0 heterocycles. The van der Waals surface area contributed by atoms with Gasteiger partial charge >= 0.3 is 6.18 Å². The second-order valence-electron chi connectivity index (χ2n) is 9.26. The SMILES string of the molecule is CC(O)c1c(F)cc(OCCCN(CCc2ccccc2)Cc2cccc(C(F)(F)F)c2F)cc1S(C)(=O)=O. The molecule has 0 radical (unpaired) electrons. The number of sulfone groups is 1. The Hall–Kier alpha value is -3.02. The molecule has 0 amide bonds. The Balaban J connectivity index is 1.72. The van der Waals surface area contributed by atoms with Gasteiger partial charge in [0, 0.05) is 43.1 Å². The normalized spacial score (nSPS) is 13.1. The van der Waals surface area contributed by atoms with Gasteiger partial charge in [0.15, 0.2) is 9.84 Å². The lowest BCUT2D eigenvalue weighted by Crippen LogP contribution is -2.28. The van der Waals surface area contributed by atoms with Gasteiger partial charge in [-0.3, -0.25) is 4.90 Å². The Kier molecular flexibility index (Phi) is 10.1. The molecular weight excluding hydrogens is 541 g/mol. The van der Waals surface area contributed by atoms with Crippen molar-refractivity contribution in [2.24, 2.45) is 0 Å². The van der Waals surface area contributed by atoms with Crippen LogP contribution in [0.4, 0.5) is 22.0 Å². The van der Waals surface area contributed by atoms with Crippen molar-refractivity contribution in [2.75, 3.05) is 26.0 Å². The second kappa shape index (κ2) is 12.9. The van der Waals surface area contributed by atoms with E-state index < -0.39 is 39.3 Å². The summed E-state index contributed by atoms with van der Waals surface area (Å²) in [6.45, 7) is 1.96. The topological polar surface area (TPSA) is 66.8 Å². The standard InChI is InChI=1S/C28H30F5NO4S/c1-19(35)26-24(29)16-22(17-25(26)39(2,36)37)38-15-7-13-34(14-12-20-8-4-3-5-9-20)18-21-10-6-11-23(27(21)30)28(31,32)33/h3-6,8-11,16-17,19,35H,7,12-15,18H2,1-2H3. The van der Waals surface area contributed by atoms with E-state index in [4.69, 9.17) is 4.74 Å². The first-order chi connectivity index (χ1) is 18.3. The number of benzene rings is 3. The fraction of sp³-hybridized carbons (Fsp3) is 0.357. The van der Waals surface area contributed by atoms with E-state index in [0.717, 1.165) is 24.0 Å². The average Bonchev–Trinajstić information content (AvgIpc) is 2.84. The van der Waals surface area contributed by atoms with Gasteiger partial charge in [-0.2, -0.15) is 13.2 Å². The minimum Gasteiger partial charge on any atom is -0.493 e. The zero-order valence-corrected chi connectivity index (χ0v) is 22.3. The summed E-state index contributed by atoms with van der Waals surface area (Å²) in [6, 6.07) is 14.7. The molecule has 212 valence electrons. The first-order valence-electron chi connectivity index (χ1n) is 12.2. The third-order valence-corrected chi connectivity index (χ3v) is 7.24. The fourth-order valence-corrected chi connectivity index (χ4v) is 5.20. The van der Waals surface area contributed by atoms with Crippen molar-refractivity contribution in [2.45, 2.75) is 43.5 Å². The zero-order chi connectivity index (χ0) is 28.8. The van der Waals surface area contributed by atoms with Gasteiger partial charge in [-0.1, -0.05) is 42.5 Å². The maximum absolute atomic E-state index is 14.7. The van der Waals surface area contributed by atoms with Crippen LogP contribution in [0.15, 0.2) is 65.6 Å². The van der Waals surface area contributed by atoms with E-state index in [0.29, 0.717) is 32.0 Å². The maximum Gasteiger partial charge on any atom is 0.419 e. The number of hydrogen-bond acceptors (Lipinski definition) is 5. The fourth-order valence-electron chi connectivity index (χ4n) is 4.21. The third kappa shape index (κ3) is 8.48. The Morgan fingerprint density at radius 3 is 2.31 bits per heavy atom. The van der Waals surface area contributed by atoms with Crippen molar-refractivity contribution in [1.29, 1.82) is 0 Å². The van der Waals surface area contributed by atoms with Crippen LogP contribution in [0, 0.1) is 11.6 Å². The molecule has 0 spiro atoms. The summed E-state index contributed by atoms with van der Waals surface area (Å²) in [5.74, 6) is -2.28. The summed E-state index contributed by atoms with van der Waals surface area (Å²) in [7, 11) is -3.86. The zero-order valence-electron chi connectivity index (χ0n) is 21.5. The summed E-state index contributed by atoms with van der Waals surface area (Å²) >= 11 is 0. The van der Waals surface area contributed by atoms with Crippen molar-refractivity contribution < 1.29 is 40.2 Å². The van der Waals surface area contributed by atoms with Crippen molar-refractivity contribution in [3.05, 3.63) is 94.6 Å². The molecule has 1 unspecified atom stereocenters.